The van der Waals surface area contributed by atoms with Gasteiger partial charge < -0.3 is 10.8 Å². The Morgan fingerprint density at radius 1 is 1.38 bits per heavy atom. The second kappa shape index (κ2) is 5.29. The van der Waals surface area contributed by atoms with Gasteiger partial charge in [-0.2, -0.15) is 0 Å². The maximum atomic E-state index is 11.5. The molecule has 0 heterocycles. The van der Waals surface area contributed by atoms with Crippen LogP contribution in [-0.4, -0.2) is 26.2 Å². The molecule has 0 amide bonds. The number of nitrogen functional groups attached to an aromatic ring is 1. The lowest BCUT2D eigenvalue weighted by molar-refractivity contribution is 0.198. The Bertz CT molecular complexity index is 426. The normalized spacial score (nSPS) is 13.6. The van der Waals surface area contributed by atoms with Crippen LogP contribution < -0.4 is 10.5 Å². The van der Waals surface area contributed by atoms with E-state index in [4.69, 9.17) is 10.8 Å². The number of nitrogens with one attached hydrogen (secondary N) is 1. The Morgan fingerprint density at radius 3 is 2.44 bits per heavy atom. The van der Waals surface area contributed by atoms with Gasteiger partial charge in [0.1, 0.15) is 0 Å². The van der Waals surface area contributed by atoms with Crippen molar-refractivity contribution in [3.8, 4) is 0 Å². The third-order valence-corrected chi connectivity index (χ3v) is 3.25. The number of benzene rings is 1. The van der Waals surface area contributed by atoms with Gasteiger partial charge in [0.05, 0.1) is 11.9 Å². The van der Waals surface area contributed by atoms with Crippen molar-refractivity contribution in [1.82, 2.24) is 4.72 Å². The third-order valence-electron chi connectivity index (χ3n) is 1.94. The van der Waals surface area contributed by atoms with Crippen LogP contribution in [0.25, 0.3) is 0 Å². The van der Waals surface area contributed by atoms with Crippen LogP contribution in [0.4, 0.5) is 5.69 Å². The summed E-state index contributed by atoms with van der Waals surface area (Å²) in [4.78, 5) is 0. The van der Waals surface area contributed by atoms with Crippen LogP contribution in [0.3, 0.4) is 0 Å². The summed E-state index contributed by atoms with van der Waals surface area (Å²) >= 11 is 0. The predicted molar refractivity (Wildman–Crippen MR) is 63.2 cm³/mol. The van der Waals surface area contributed by atoms with Crippen molar-refractivity contribution in [2.24, 2.45) is 0 Å². The average molecular weight is 244 g/mol. The van der Waals surface area contributed by atoms with Gasteiger partial charge in [0.25, 0.3) is 0 Å². The Labute approximate surface area is 95.3 Å². The molecule has 1 unspecified atom stereocenters. The van der Waals surface area contributed by atoms with Crippen molar-refractivity contribution in [3.63, 3.8) is 0 Å². The lowest BCUT2D eigenvalue weighted by Gasteiger charge is -2.08. The van der Waals surface area contributed by atoms with Gasteiger partial charge in [-0.3, -0.25) is 0 Å². The SMILES string of the molecule is CC(O)CNS(=O)(=O)Cc1ccc(N)cc1. The molecule has 6 heteroatoms. The van der Waals surface area contributed by atoms with Crippen LogP contribution in [0.15, 0.2) is 24.3 Å². The molecule has 1 atom stereocenters. The molecule has 0 saturated carbocycles. The molecule has 0 bridgehead atoms. The van der Waals surface area contributed by atoms with Gasteiger partial charge in [0, 0.05) is 12.2 Å². The summed E-state index contributed by atoms with van der Waals surface area (Å²) in [5.41, 5.74) is 6.75. The number of anilines is 1. The van der Waals surface area contributed by atoms with Gasteiger partial charge in [-0.1, -0.05) is 12.1 Å². The number of aliphatic hydroxyl groups is 1. The average Bonchev–Trinajstić information content (AvgIpc) is 2.19. The van der Waals surface area contributed by atoms with E-state index < -0.39 is 16.1 Å². The van der Waals surface area contributed by atoms with E-state index in [0.29, 0.717) is 11.3 Å². The minimum Gasteiger partial charge on any atom is -0.399 e. The van der Waals surface area contributed by atoms with Crippen LogP contribution >= 0.6 is 0 Å². The first-order valence-corrected chi connectivity index (χ1v) is 6.54. The Hall–Kier alpha value is -1.11. The summed E-state index contributed by atoms with van der Waals surface area (Å²) in [5, 5.41) is 8.97. The first-order chi connectivity index (χ1) is 7.39. The molecule has 16 heavy (non-hydrogen) atoms. The van der Waals surface area contributed by atoms with E-state index in [1.807, 2.05) is 0 Å². The van der Waals surface area contributed by atoms with Gasteiger partial charge in [0.2, 0.25) is 10.0 Å². The smallest absolute Gasteiger partial charge is 0.215 e. The van der Waals surface area contributed by atoms with Gasteiger partial charge in [-0.15, -0.1) is 0 Å². The van der Waals surface area contributed by atoms with Crippen molar-refractivity contribution in [3.05, 3.63) is 29.8 Å². The summed E-state index contributed by atoms with van der Waals surface area (Å²) in [6.07, 6.45) is -0.693. The molecule has 0 fully saturated rings. The van der Waals surface area contributed by atoms with Crippen molar-refractivity contribution in [1.29, 1.82) is 0 Å². The van der Waals surface area contributed by atoms with Crippen molar-refractivity contribution >= 4 is 15.7 Å². The Balaban J connectivity index is 2.62. The van der Waals surface area contributed by atoms with Crippen LogP contribution in [0.5, 0.6) is 0 Å². The van der Waals surface area contributed by atoms with Crippen LogP contribution in [0.2, 0.25) is 0 Å². The van der Waals surface area contributed by atoms with E-state index in [1.54, 1.807) is 24.3 Å². The number of rotatable bonds is 5. The quantitative estimate of drug-likeness (QED) is 0.639. The topological polar surface area (TPSA) is 92.4 Å². The second-order valence-corrected chi connectivity index (χ2v) is 5.50. The second-order valence-electron chi connectivity index (χ2n) is 3.70. The maximum Gasteiger partial charge on any atom is 0.215 e. The highest BCUT2D eigenvalue weighted by Gasteiger charge is 2.11. The van der Waals surface area contributed by atoms with E-state index in [0.717, 1.165) is 0 Å². The molecule has 90 valence electrons. The molecule has 1 rings (SSSR count). The van der Waals surface area contributed by atoms with Gasteiger partial charge in [0.15, 0.2) is 0 Å². The summed E-state index contributed by atoms with van der Waals surface area (Å²) < 4.78 is 25.4. The summed E-state index contributed by atoms with van der Waals surface area (Å²) in [7, 11) is -3.39. The lowest BCUT2D eigenvalue weighted by Crippen LogP contribution is -2.31. The van der Waals surface area contributed by atoms with E-state index in [2.05, 4.69) is 4.72 Å². The lowest BCUT2D eigenvalue weighted by atomic mass is 10.2. The Kier molecular flexibility index (Phi) is 4.28. The summed E-state index contributed by atoms with van der Waals surface area (Å²) in [5.74, 6) is -0.111. The number of hydrogen-bond donors (Lipinski definition) is 3. The first kappa shape index (κ1) is 13.0. The summed E-state index contributed by atoms with van der Waals surface area (Å²) in [6.45, 7) is 1.54. The van der Waals surface area contributed by atoms with Crippen LogP contribution in [0.1, 0.15) is 12.5 Å². The fourth-order valence-corrected chi connectivity index (χ4v) is 2.36. The molecular formula is C10H16N2O3S. The van der Waals surface area contributed by atoms with Gasteiger partial charge in [-0.25, -0.2) is 13.1 Å². The third kappa shape index (κ3) is 4.61. The maximum absolute atomic E-state index is 11.5. The van der Waals surface area contributed by atoms with Crippen molar-refractivity contribution in [2.75, 3.05) is 12.3 Å². The molecular weight excluding hydrogens is 228 g/mol. The molecule has 1 aromatic rings. The van der Waals surface area contributed by atoms with Gasteiger partial charge >= 0.3 is 0 Å². The Morgan fingerprint density at radius 2 is 1.94 bits per heavy atom. The fourth-order valence-electron chi connectivity index (χ4n) is 1.13. The standard InChI is InChI=1S/C10H16N2O3S/c1-8(13)6-12-16(14,15)7-9-2-4-10(11)5-3-9/h2-5,8,12-13H,6-7,11H2,1H3. The summed E-state index contributed by atoms with van der Waals surface area (Å²) in [6, 6.07) is 6.63. The largest absolute Gasteiger partial charge is 0.399 e. The minimum atomic E-state index is -3.39. The number of hydrogen-bond acceptors (Lipinski definition) is 4. The molecule has 0 spiro atoms. The molecule has 1 aromatic carbocycles. The number of sulfonamides is 1. The molecule has 0 aliphatic carbocycles. The number of nitrogens with two attached hydrogens (primary N) is 1. The fraction of sp³-hybridized carbons (Fsp3) is 0.400. The molecule has 0 aliphatic rings. The van der Waals surface area contributed by atoms with Crippen LogP contribution in [-0.2, 0) is 15.8 Å². The molecule has 0 saturated heterocycles. The molecule has 5 nitrogen and oxygen atoms in total. The monoisotopic (exact) mass is 244 g/mol. The highest BCUT2D eigenvalue weighted by molar-refractivity contribution is 7.88. The first-order valence-electron chi connectivity index (χ1n) is 4.89. The zero-order valence-electron chi connectivity index (χ0n) is 9.05. The van der Waals surface area contributed by atoms with E-state index in [-0.39, 0.29) is 12.3 Å². The predicted octanol–water partition coefficient (Wildman–Crippen LogP) is 0.0690. The minimum absolute atomic E-state index is 0.0251. The molecule has 0 radical (unpaired) electrons. The van der Waals surface area contributed by atoms with E-state index >= 15 is 0 Å². The molecule has 4 N–H and O–H groups in total. The molecule has 0 aliphatic heterocycles. The van der Waals surface area contributed by atoms with E-state index in [9.17, 15) is 8.42 Å². The highest BCUT2D eigenvalue weighted by atomic mass is 32.2. The molecule has 0 aromatic heterocycles. The van der Waals surface area contributed by atoms with Crippen LogP contribution in [0, 0.1) is 0 Å². The zero-order chi connectivity index (χ0) is 12.2. The van der Waals surface area contributed by atoms with E-state index in [1.165, 1.54) is 6.92 Å². The van der Waals surface area contributed by atoms with Crippen molar-refractivity contribution < 1.29 is 13.5 Å². The van der Waals surface area contributed by atoms with Gasteiger partial charge in [-0.05, 0) is 24.6 Å². The highest BCUT2D eigenvalue weighted by Crippen LogP contribution is 2.08. The zero-order valence-corrected chi connectivity index (χ0v) is 9.87. The number of aliphatic hydroxyl groups excluding tert-OH is 1. The van der Waals surface area contributed by atoms with Crippen molar-refractivity contribution in [2.45, 2.75) is 18.8 Å².